The Morgan fingerprint density at radius 1 is 0.704 bits per heavy atom. The van der Waals surface area contributed by atoms with Gasteiger partial charge in [0.05, 0.1) is 6.61 Å². The van der Waals surface area contributed by atoms with E-state index in [9.17, 15) is 9.59 Å². The number of unbranched alkanes of at least 4 members (excludes halogenated alkanes) is 9. The monoisotopic (exact) mass is 384 g/mol. The standard InChI is InChI=1S/C23H44O4/c1-5-7-8-9-10-11-12-13-14-15-19-26-22(24)17-16-18-23(25)27-21(6-2)20(3)4/h20-21H,5-19H2,1-4H3. The molecule has 0 aliphatic carbocycles. The Balaban J connectivity index is 3.45. The van der Waals surface area contributed by atoms with Gasteiger partial charge >= 0.3 is 11.9 Å². The highest BCUT2D eigenvalue weighted by atomic mass is 16.5. The van der Waals surface area contributed by atoms with Crippen LogP contribution < -0.4 is 0 Å². The second-order valence-electron chi connectivity index (χ2n) is 7.94. The summed E-state index contributed by atoms with van der Waals surface area (Å²) in [5.74, 6) is -0.0855. The molecule has 0 radical (unpaired) electrons. The van der Waals surface area contributed by atoms with E-state index < -0.39 is 0 Å². The number of carbonyl (C=O) groups is 2. The topological polar surface area (TPSA) is 52.6 Å². The van der Waals surface area contributed by atoms with Gasteiger partial charge in [0.1, 0.15) is 6.10 Å². The zero-order chi connectivity index (χ0) is 20.3. The van der Waals surface area contributed by atoms with E-state index in [2.05, 4.69) is 6.92 Å². The van der Waals surface area contributed by atoms with Crippen molar-refractivity contribution >= 4 is 11.9 Å². The molecular weight excluding hydrogens is 340 g/mol. The van der Waals surface area contributed by atoms with Gasteiger partial charge in [0.2, 0.25) is 0 Å². The molecular formula is C23H44O4. The van der Waals surface area contributed by atoms with Crippen LogP contribution >= 0.6 is 0 Å². The van der Waals surface area contributed by atoms with Crippen molar-refractivity contribution in [1.82, 2.24) is 0 Å². The van der Waals surface area contributed by atoms with E-state index in [0.717, 1.165) is 19.3 Å². The maximum atomic E-state index is 11.8. The van der Waals surface area contributed by atoms with Crippen LogP contribution in [0, 0.1) is 5.92 Å². The third-order valence-electron chi connectivity index (χ3n) is 4.95. The van der Waals surface area contributed by atoms with Gasteiger partial charge in [-0.3, -0.25) is 9.59 Å². The van der Waals surface area contributed by atoms with Crippen LogP contribution in [0.4, 0.5) is 0 Å². The fourth-order valence-electron chi connectivity index (χ4n) is 3.14. The Morgan fingerprint density at radius 2 is 1.22 bits per heavy atom. The SMILES string of the molecule is CCCCCCCCCCCCOC(=O)CCCC(=O)OC(CC)C(C)C. The average Bonchev–Trinajstić information content (AvgIpc) is 2.63. The summed E-state index contributed by atoms with van der Waals surface area (Å²) in [6, 6.07) is 0. The minimum absolute atomic E-state index is 0.0270. The van der Waals surface area contributed by atoms with Crippen molar-refractivity contribution in [3.8, 4) is 0 Å². The van der Waals surface area contributed by atoms with Crippen molar-refractivity contribution in [3.63, 3.8) is 0 Å². The molecule has 0 aromatic carbocycles. The largest absolute Gasteiger partial charge is 0.466 e. The number of ether oxygens (including phenoxy) is 2. The van der Waals surface area contributed by atoms with Crippen LogP contribution in [-0.2, 0) is 19.1 Å². The van der Waals surface area contributed by atoms with Crippen LogP contribution in [0.3, 0.4) is 0 Å². The van der Waals surface area contributed by atoms with E-state index >= 15 is 0 Å². The number of rotatable bonds is 18. The molecule has 0 rings (SSSR count). The summed E-state index contributed by atoms with van der Waals surface area (Å²) in [6.07, 6.45) is 14.6. The highest BCUT2D eigenvalue weighted by molar-refractivity contribution is 5.72. The van der Waals surface area contributed by atoms with Crippen molar-refractivity contribution in [3.05, 3.63) is 0 Å². The summed E-state index contributed by atoms with van der Waals surface area (Å²) in [7, 11) is 0. The summed E-state index contributed by atoms with van der Waals surface area (Å²) in [6.45, 7) is 8.86. The van der Waals surface area contributed by atoms with Crippen LogP contribution in [0.25, 0.3) is 0 Å². The molecule has 4 heteroatoms. The van der Waals surface area contributed by atoms with E-state index in [4.69, 9.17) is 9.47 Å². The molecule has 0 aromatic heterocycles. The lowest BCUT2D eigenvalue weighted by Gasteiger charge is -2.19. The molecule has 1 atom stereocenters. The molecule has 160 valence electrons. The highest BCUT2D eigenvalue weighted by Gasteiger charge is 2.16. The van der Waals surface area contributed by atoms with Gasteiger partial charge in [0.15, 0.2) is 0 Å². The normalized spacial score (nSPS) is 12.2. The van der Waals surface area contributed by atoms with Crippen molar-refractivity contribution in [2.75, 3.05) is 6.61 Å². The fraction of sp³-hybridized carbons (Fsp3) is 0.913. The van der Waals surface area contributed by atoms with Gasteiger partial charge in [-0.1, -0.05) is 85.5 Å². The van der Waals surface area contributed by atoms with Crippen LogP contribution in [0.5, 0.6) is 0 Å². The fourth-order valence-corrected chi connectivity index (χ4v) is 3.14. The van der Waals surface area contributed by atoms with E-state index in [-0.39, 0.29) is 24.5 Å². The molecule has 0 aliphatic heterocycles. The number of carbonyl (C=O) groups excluding carboxylic acids is 2. The minimum Gasteiger partial charge on any atom is -0.466 e. The van der Waals surface area contributed by atoms with E-state index in [0.29, 0.717) is 25.4 Å². The number of hydrogen-bond donors (Lipinski definition) is 0. The first-order valence-electron chi connectivity index (χ1n) is 11.4. The van der Waals surface area contributed by atoms with E-state index in [1.54, 1.807) is 0 Å². The Kier molecular flexibility index (Phi) is 17.6. The van der Waals surface area contributed by atoms with Gasteiger partial charge in [0.25, 0.3) is 0 Å². The van der Waals surface area contributed by atoms with Gasteiger partial charge in [-0.05, 0) is 25.2 Å². The highest BCUT2D eigenvalue weighted by Crippen LogP contribution is 2.13. The molecule has 0 aliphatic rings. The van der Waals surface area contributed by atoms with Crippen LogP contribution in [0.2, 0.25) is 0 Å². The third kappa shape index (κ3) is 16.8. The Hall–Kier alpha value is -1.06. The molecule has 0 saturated heterocycles. The average molecular weight is 385 g/mol. The van der Waals surface area contributed by atoms with Crippen LogP contribution in [0.15, 0.2) is 0 Å². The molecule has 0 aromatic rings. The Bertz CT molecular complexity index is 365. The van der Waals surface area contributed by atoms with Crippen LogP contribution in [-0.4, -0.2) is 24.6 Å². The quantitative estimate of drug-likeness (QED) is 0.197. The molecule has 4 nitrogen and oxygen atoms in total. The zero-order valence-electron chi connectivity index (χ0n) is 18.4. The first-order chi connectivity index (χ1) is 13.0. The molecule has 0 heterocycles. The van der Waals surface area contributed by atoms with Gasteiger partial charge in [-0.25, -0.2) is 0 Å². The van der Waals surface area contributed by atoms with E-state index in [1.807, 2.05) is 20.8 Å². The lowest BCUT2D eigenvalue weighted by Crippen LogP contribution is -2.22. The van der Waals surface area contributed by atoms with Crippen molar-refractivity contribution in [2.45, 2.75) is 124 Å². The molecule has 0 N–H and O–H groups in total. The molecule has 0 bridgehead atoms. The summed E-state index contributed by atoms with van der Waals surface area (Å²) in [5.41, 5.74) is 0. The van der Waals surface area contributed by atoms with Crippen molar-refractivity contribution < 1.29 is 19.1 Å². The minimum atomic E-state index is -0.210. The van der Waals surface area contributed by atoms with Gasteiger partial charge in [0, 0.05) is 12.8 Å². The predicted molar refractivity (Wildman–Crippen MR) is 112 cm³/mol. The van der Waals surface area contributed by atoms with Crippen molar-refractivity contribution in [1.29, 1.82) is 0 Å². The lowest BCUT2D eigenvalue weighted by atomic mass is 10.1. The first-order valence-corrected chi connectivity index (χ1v) is 11.4. The second kappa shape index (κ2) is 18.3. The predicted octanol–water partition coefficient (Wildman–Crippen LogP) is 6.60. The smallest absolute Gasteiger partial charge is 0.306 e. The maximum absolute atomic E-state index is 11.8. The van der Waals surface area contributed by atoms with Crippen molar-refractivity contribution in [2.24, 2.45) is 5.92 Å². The van der Waals surface area contributed by atoms with Gasteiger partial charge < -0.3 is 9.47 Å². The molecule has 0 saturated carbocycles. The lowest BCUT2D eigenvalue weighted by molar-refractivity contribution is -0.151. The molecule has 0 amide bonds. The Morgan fingerprint density at radius 3 is 1.74 bits per heavy atom. The summed E-state index contributed by atoms with van der Waals surface area (Å²) >= 11 is 0. The summed E-state index contributed by atoms with van der Waals surface area (Å²) in [5, 5.41) is 0. The number of hydrogen-bond acceptors (Lipinski definition) is 4. The summed E-state index contributed by atoms with van der Waals surface area (Å²) < 4.78 is 10.7. The Labute approximate surface area is 167 Å². The second-order valence-corrected chi connectivity index (χ2v) is 7.94. The molecule has 27 heavy (non-hydrogen) atoms. The van der Waals surface area contributed by atoms with Crippen LogP contribution in [0.1, 0.15) is 118 Å². The zero-order valence-corrected chi connectivity index (χ0v) is 18.4. The van der Waals surface area contributed by atoms with Gasteiger partial charge in [-0.2, -0.15) is 0 Å². The number of esters is 2. The molecule has 0 fully saturated rings. The van der Waals surface area contributed by atoms with Gasteiger partial charge in [-0.15, -0.1) is 0 Å². The third-order valence-corrected chi connectivity index (χ3v) is 4.95. The van der Waals surface area contributed by atoms with E-state index in [1.165, 1.54) is 51.4 Å². The molecule has 0 spiro atoms. The maximum Gasteiger partial charge on any atom is 0.306 e. The molecule has 1 unspecified atom stereocenters. The first kappa shape index (κ1) is 25.9. The summed E-state index contributed by atoms with van der Waals surface area (Å²) in [4.78, 5) is 23.5.